The summed E-state index contributed by atoms with van der Waals surface area (Å²) in [5, 5.41) is 11.7. The zero-order chi connectivity index (χ0) is 19.4. The lowest BCUT2D eigenvalue weighted by molar-refractivity contribution is -0.142. The number of aliphatic carboxylic acids is 1. The number of nitrogens with one attached hydrogen (secondary N) is 1. The Balaban J connectivity index is 2.83. The smallest absolute Gasteiger partial charge is 0.320 e. The summed E-state index contributed by atoms with van der Waals surface area (Å²) in [4.78, 5) is 24.5. The Morgan fingerprint density at radius 3 is 2.40 bits per heavy atom. The number of hydrogen-bond acceptors (Lipinski definition) is 5. The molecule has 1 aromatic carbocycles. The Kier molecular flexibility index (Phi) is 7.36. The maximum Gasteiger partial charge on any atom is 0.320 e. The highest BCUT2D eigenvalue weighted by atomic mass is 35.5. The van der Waals surface area contributed by atoms with Crippen molar-refractivity contribution in [3.63, 3.8) is 0 Å². The van der Waals surface area contributed by atoms with Crippen molar-refractivity contribution < 1.29 is 23.1 Å². The monoisotopic (exact) mass is 391 g/mol. The van der Waals surface area contributed by atoms with Crippen molar-refractivity contribution in [1.82, 2.24) is 9.21 Å². The molecule has 1 aromatic rings. The van der Waals surface area contributed by atoms with Gasteiger partial charge in [0, 0.05) is 27.1 Å². The van der Waals surface area contributed by atoms with Gasteiger partial charge in [-0.05, 0) is 32.2 Å². The third kappa shape index (κ3) is 5.67. The van der Waals surface area contributed by atoms with E-state index >= 15 is 0 Å². The number of nitrogens with zero attached hydrogens (tertiary/aromatic N) is 2. The average molecular weight is 392 g/mol. The second kappa shape index (κ2) is 8.61. The van der Waals surface area contributed by atoms with E-state index in [2.05, 4.69) is 5.32 Å². The molecule has 0 radical (unpaired) electrons. The number of sulfonamides is 1. The number of hydrogen-bond donors (Lipinski definition) is 2. The van der Waals surface area contributed by atoms with Crippen LogP contribution in [0.4, 0.5) is 5.69 Å². The van der Waals surface area contributed by atoms with Crippen LogP contribution < -0.4 is 5.32 Å². The van der Waals surface area contributed by atoms with Crippen molar-refractivity contribution in [3.8, 4) is 0 Å². The molecule has 10 heteroatoms. The van der Waals surface area contributed by atoms with E-state index < -0.39 is 27.9 Å². The van der Waals surface area contributed by atoms with Gasteiger partial charge < -0.3 is 10.4 Å². The van der Waals surface area contributed by atoms with Crippen LogP contribution in [0.25, 0.3) is 0 Å². The van der Waals surface area contributed by atoms with E-state index in [-0.39, 0.29) is 28.6 Å². The number of likely N-dealkylation sites (N-methyl/N-ethyl adjacent to an activating group) is 1. The fourth-order valence-electron chi connectivity index (χ4n) is 1.84. The molecule has 1 amide bonds. The van der Waals surface area contributed by atoms with E-state index in [1.807, 2.05) is 0 Å². The van der Waals surface area contributed by atoms with Gasteiger partial charge in [-0.1, -0.05) is 11.6 Å². The van der Waals surface area contributed by atoms with Gasteiger partial charge in [0.15, 0.2) is 0 Å². The Morgan fingerprint density at radius 2 is 1.88 bits per heavy atom. The van der Waals surface area contributed by atoms with Crippen molar-refractivity contribution >= 4 is 39.2 Å². The van der Waals surface area contributed by atoms with E-state index in [1.54, 1.807) is 7.05 Å². The molecule has 0 bridgehead atoms. The molecule has 1 rings (SSSR count). The lowest BCUT2D eigenvalue weighted by Crippen LogP contribution is -2.37. The van der Waals surface area contributed by atoms with Crippen molar-refractivity contribution in [2.24, 2.45) is 0 Å². The molecule has 2 N–H and O–H groups in total. The number of carbonyl (C=O) groups excluding carboxylic acids is 1. The molecule has 8 nitrogen and oxygen atoms in total. The summed E-state index contributed by atoms with van der Waals surface area (Å²) in [6.45, 7) is 1.75. The van der Waals surface area contributed by atoms with Crippen molar-refractivity contribution in [3.05, 3.63) is 23.2 Å². The van der Waals surface area contributed by atoms with E-state index in [4.69, 9.17) is 16.7 Å². The minimum atomic E-state index is -3.65. The molecule has 0 saturated heterocycles. The number of carboxylic acids is 1. The third-order valence-electron chi connectivity index (χ3n) is 3.70. The molecule has 25 heavy (non-hydrogen) atoms. The molecule has 0 aliphatic rings. The number of anilines is 1. The summed E-state index contributed by atoms with van der Waals surface area (Å²) < 4.78 is 25.3. The fourth-order valence-corrected chi connectivity index (χ4v) is 2.94. The van der Waals surface area contributed by atoms with Gasteiger partial charge in [0.2, 0.25) is 15.9 Å². The van der Waals surface area contributed by atoms with Crippen LogP contribution >= 0.6 is 11.6 Å². The molecule has 1 atom stereocenters. The van der Waals surface area contributed by atoms with Crippen LogP contribution in [0.5, 0.6) is 0 Å². The third-order valence-corrected chi connectivity index (χ3v) is 5.84. The van der Waals surface area contributed by atoms with Crippen molar-refractivity contribution in [2.75, 3.05) is 33.0 Å². The van der Waals surface area contributed by atoms with Gasteiger partial charge in [0.1, 0.15) is 6.04 Å². The van der Waals surface area contributed by atoms with E-state index in [9.17, 15) is 18.0 Å². The zero-order valence-electron chi connectivity index (χ0n) is 14.5. The van der Waals surface area contributed by atoms with Crippen LogP contribution in [0.15, 0.2) is 23.1 Å². The summed E-state index contributed by atoms with van der Waals surface area (Å²) in [6, 6.07) is 3.32. The van der Waals surface area contributed by atoms with Gasteiger partial charge in [0.05, 0.1) is 15.6 Å². The van der Waals surface area contributed by atoms with E-state index in [0.717, 1.165) is 4.31 Å². The molecule has 0 spiro atoms. The average Bonchev–Trinajstić information content (AvgIpc) is 2.53. The van der Waals surface area contributed by atoms with Gasteiger partial charge >= 0.3 is 5.97 Å². The second-order valence-electron chi connectivity index (χ2n) is 5.72. The predicted molar refractivity (Wildman–Crippen MR) is 95.3 cm³/mol. The standard InChI is InChI=1S/C15H22ClN3O5S/c1-10(15(21)22)19(4)8-7-14(20)17-13-9-11(5-6-12(13)16)25(23,24)18(2)3/h5-6,9-10H,7-8H2,1-4H3,(H,17,20)(H,21,22). The van der Waals surface area contributed by atoms with Crippen LogP contribution in [0.1, 0.15) is 13.3 Å². The SMILES string of the molecule is CC(C(=O)O)N(C)CCC(=O)Nc1cc(S(=O)(=O)N(C)C)ccc1Cl. The van der Waals surface area contributed by atoms with E-state index in [1.165, 1.54) is 44.1 Å². The first-order valence-corrected chi connectivity index (χ1v) is 9.23. The first-order valence-electron chi connectivity index (χ1n) is 7.41. The molecular weight excluding hydrogens is 370 g/mol. The minimum Gasteiger partial charge on any atom is -0.480 e. The second-order valence-corrected chi connectivity index (χ2v) is 8.28. The van der Waals surface area contributed by atoms with Crippen LogP contribution in [0.2, 0.25) is 5.02 Å². The van der Waals surface area contributed by atoms with Crippen LogP contribution in [-0.2, 0) is 19.6 Å². The Bertz CT molecular complexity index is 752. The molecule has 0 saturated carbocycles. The zero-order valence-corrected chi connectivity index (χ0v) is 16.1. The number of rotatable bonds is 8. The molecule has 0 aromatic heterocycles. The lowest BCUT2D eigenvalue weighted by Gasteiger charge is -2.20. The number of amides is 1. The first-order chi connectivity index (χ1) is 11.5. The van der Waals surface area contributed by atoms with E-state index in [0.29, 0.717) is 0 Å². The Morgan fingerprint density at radius 1 is 1.28 bits per heavy atom. The number of benzene rings is 1. The summed E-state index contributed by atoms with van der Waals surface area (Å²) in [7, 11) is 0.761. The van der Waals surface area contributed by atoms with Crippen LogP contribution in [0, 0.1) is 0 Å². The maximum atomic E-state index is 12.1. The summed E-state index contributed by atoms with van der Waals surface area (Å²) in [5.74, 6) is -1.38. The minimum absolute atomic E-state index is 0.00816. The van der Waals surface area contributed by atoms with Gasteiger partial charge in [-0.25, -0.2) is 12.7 Å². The molecule has 0 fully saturated rings. The number of carboxylic acid groups (broad SMARTS) is 1. The van der Waals surface area contributed by atoms with Crippen molar-refractivity contribution in [1.29, 1.82) is 0 Å². The van der Waals surface area contributed by atoms with Gasteiger partial charge in [-0.15, -0.1) is 0 Å². The Hall–Kier alpha value is -1.68. The molecule has 140 valence electrons. The molecule has 0 aliphatic carbocycles. The van der Waals surface area contributed by atoms with Gasteiger partial charge in [0.25, 0.3) is 0 Å². The van der Waals surface area contributed by atoms with Gasteiger partial charge in [-0.3, -0.25) is 14.5 Å². The van der Waals surface area contributed by atoms with Crippen molar-refractivity contribution in [2.45, 2.75) is 24.3 Å². The molecular formula is C15H22ClN3O5S. The fraction of sp³-hybridized carbons (Fsp3) is 0.467. The van der Waals surface area contributed by atoms with Gasteiger partial charge in [-0.2, -0.15) is 0 Å². The highest BCUT2D eigenvalue weighted by molar-refractivity contribution is 7.89. The van der Waals surface area contributed by atoms with Crippen LogP contribution in [-0.4, -0.2) is 68.3 Å². The highest BCUT2D eigenvalue weighted by Crippen LogP contribution is 2.26. The Labute approximate surface area is 152 Å². The first kappa shape index (κ1) is 21.4. The lowest BCUT2D eigenvalue weighted by atomic mass is 10.2. The molecule has 0 aliphatic heterocycles. The highest BCUT2D eigenvalue weighted by Gasteiger charge is 2.20. The summed E-state index contributed by atoms with van der Waals surface area (Å²) in [5.41, 5.74) is 0.184. The normalized spacial score (nSPS) is 13.1. The molecule has 0 heterocycles. The predicted octanol–water partition coefficient (Wildman–Crippen LogP) is 1.32. The topological polar surface area (TPSA) is 107 Å². The quantitative estimate of drug-likeness (QED) is 0.692. The maximum absolute atomic E-state index is 12.1. The number of carbonyl (C=O) groups is 2. The summed E-state index contributed by atoms with van der Waals surface area (Å²) in [6.07, 6.45) is 0.0368. The van der Waals surface area contributed by atoms with Crippen LogP contribution in [0.3, 0.4) is 0 Å². The largest absolute Gasteiger partial charge is 0.480 e. The summed E-state index contributed by atoms with van der Waals surface area (Å²) >= 11 is 6.01. The molecule has 1 unspecified atom stereocenters. The number of halogens is 1.